The van der Waals surface area contributed by atoms with Crippen molar-refractivity contribution in [3.05, 3.63) is 58.9 Å². The van der Waals surface area contributed by atoms with Crippen LogP contribution in [0.5, 0.6) is 0 Å². The van der Waals surface area contributed by atoms with Crippen molar-refractivity contribution < 1.29 is 8.78 Å². The van der Waals surface area contributed by atoms with Crippen LogP contribution >= 0.6 is 11.6 Å². The third-order valence-corrected chi connectivity index (χ3v) is 2.42. The minimum atomic E-state index is -0.462. The third-order valence-electron chi connectivity index (χ3n) is 2.22. The number of rotatable bonds is 3. The highest BCUT2D eigenvalue weighted by Crippen LogP contribution is 2.15. The van der Waals surface area contributed by atoms with Crippen LogP contribution in [0.25, 0.3) is 0 Å². The molecule has 17 heavy (non-hydrogen) atoms. The predicted octanol–water partition coefficient (Wildman–Crippen LogP) is 3.63. The highest BCUT2D eigenvalue weighted by atomic mass is 35.5. The van der Waals surface area contributed by atoms with Crippen molar-refractivity contribution in [3.8, 4) is 0 Å². The van der Waals surface area contributed by atoms with Crippen molar-refractivity contribution in [2.45, 2.75) is 6.54 Å². The summed E-state index contributed by atoms with van der Waals surface area (Å²) in [6.07, 6.45) is 1.53. The minimum absolute atomic E-state index is 0.184. The number of nitrogens with zero attached hydrogens (tertiary/aromatic N) is 1. The fraction of sp³-hybridized carbons (Fsp3) is 0.0833. The molecule has 0 saturated heterocycles. The van der Waals surface area contributed by atoms with E-state index in [1.54, 1.807) is 12.1 Å². The molecule has 1 aromatic heterocycles. The van der Waals surface area contributed by atoms with Crippen molar-refractivity contribution in [2.24, 2.45) is 0 Å². The Balaban J connectivity index is 2.09. The van der Waals surface area contributed by atoms with Gasteiger partial charge in [-0.1, -0.05) is 11.6 Å². The Morgan fingerprint density at radius 3 is 2.76 bits per heavy atom. The van der Waals surface area contributed by atoms with Gasteiger partial charge >= 0.3 is 0 Å². The van der Waals surface area contributed by atoms with Gasteiger partial charge in [0.1, 0.15) is 16.8 Å². The molecule has 5 heteroatoms. The standard InChI is InChI=1S/C12H9ClF2N2/c13-12-6-10(3-4-16-12)17-7-8-5-9(14)1-2-11(8)15/h1-6H,7H2,(H,16,17). The molecule has 1 N–H and O–H groups in total. The molecule has 0 aliphatic heterocycles. The number of pyridine rings is 1. The van der Waals surface area contributed by atoms with Gasteiger partial charge in [0.15, 0.2) is 0 Å². The van der Waals surface area contributed by atoms with Crippen LogP contribution in [0.15, 0.2) is 36.5 Å². The monoisotopic (exact) mass is 254 g/mol. The number of anilines is 1. The quantitative estimate of drug-likeness (QED) is 0.846. The Morgan fingerprint density at radius 1 is 1.18 bits per heavy atom. The van der Waals surface area contributed by atoms with Crippen molar-refractivity contribution in [3.63, 3.8) is 0 Å². The predicted molar refractivity (Wildman–Crippen MR) is 62.9 cm³/mol. The van der Waals surface area contributed by atoms with Gasteiger partial charge in [-0.15, -0.1) is 0 Å². The van der Waals surface area contributed by atoms with E-state index in [4.69, 9.17) is 11.6 Å². The van der Waals surface area contributed by atoms with E-state index in [9.17, 15) is 8.78 Å². The Morgan fingerprint density at radius 2 is 2.00 bits per heavy atom. The molecule has 1 aromatic carbocycles. The van der Waals surface area contributed by atoms with Crippen LogP contribution in [-0.4, -0.2) is 4.98 Å². The first-order valence-corrected chi connectivity index (χ1v) is 5.32. The van der Waals surface area contributed by atoms with Gasteiger partial charge < -0.3 is 5.32 Å². The SMILES string of the molecule is Fc1ccc(F)c(CNc2ccnc(Cl)c2)c1. The molecule has 2 rings (SSSR count). The number of hydrogen-bond donors (Lipinski definition) is 1. The summed E-state index contributed by atoms with van der Waals surface area (Å²) in [4.78, 5) is 3.82. The van der Waals surface area contributed by atoms with Crippen LogP contribution in [0.4, 0.5) is 14.5 Å². The lowest BCUT2D eigenvalue weighted by molar-refractivity contribution is 0.587. The van der Waals surface area contributed by atoms with Gasteiger partial charge in [-0.25, -0.2) is 13.8 Å². The molecule has 0 spiro atoms. The molecule has 0 unspecified atom stereocenters. The molecule has 0 radical (unpaired) electrons. The van der Waals surface area contributed by atoms with E-state index in [2.05, 4.69) is 10.3 Å². The molecule has 0 aliphatic carbocycles. The number of hydrogen-bond acceptors (Lipinski definition) is 2. The summed E-state index contributed by atoms with van der Waals surface area (Å²) in [5.74, 6) is -0.907. The molecular weight excluding hydrogens is 246 g/mol. The van der Waals surface area contributed by atoms with Crippen molar-refractivity contribution in [1.29, 1.82) is 0 Å². The summed E-state index contributed by atoms with van der Waals surface area (Å²) < 4.78 is 26.2. The van der Waals surface area contributed by atoms with Crippen LogP contribution in [0.3, 0.4) is 0 Å². The maximum absolute atomic E-state index is 13.3. The minimum Gasteiger partial charge on any atom is -0.381 e. The highest BCUT2D eigenvalue weighted by Gasteiger charge is 2.03. The fourth-order valence-corrected chi connectivity index (χ4v) is 1.56. The Labute approximate surface area is 102 Å². The molecule has 1 heterocycles. The Hall–Kier alpha value is -1.68. The van der Waals surface area contributed by atoms with Crippen LogP contribution in [0.1, 0.15) is 5.56 Å². The summed E-state index contributed by atoms with van der Waals surface area (Å²) in [6.45, 7) is 0.184. The second-order valence-corrected chi connectivity index (χ2v) is 3.84. The second-order valence-electron chi connectivity index (χ2n) is 3.46. The average molecular weight is 255 g/mol. The van der Waals surface area contributed by atoms with Crippen molar-refractivity contribution in [1.82, 2.24) is 4.98 Å². The topological polar surface area (TPSA) is 24.9 Å². The Bertz CT molecular complexity index is 532. The van der Waals surface area contributed by atoms with Crippen LogP contribution < -0.4 is 5.32 Å². The number of halogens is 3. The molecule has 0 saturated carbocycles. The van der Waals surface area contributed by atoms with E-state index in [1.807, 2.05) is 0 Å². The molecule has 2 aromatic rings. The van der Waals surface area contributed by atoms with Crippen LogP contribution in [0, 0.1) is 11.6 Å². The van der Waals surface area contributed by atoms with Crippen molar-refractivity contribution in [2.75, 3.05) is 5.32 Å². The first kappa shape index (κ1) is 11.8. The Kier molecular flexibility index (Phi) is 3.54. The van der Waals surface area contributed by atoms with E-state index >= 15 is 0 Å². The number of benzene rings is 1. The molecule has 0 atom stereocenters. The first-order valence-electron chi connectivity index (χ1n) is 4.94. The first-order chi connectivity index (χ1) is 8.15. The lowest BCUT2D eigenvalue weighted by Crippen LogP contribution is -2.02. The van der Waals surface area contributed by atoms with E-state index in [0.29, 0.717) is 10.8 Å². The van der Waals surface area contributed by atoms with Gasteiger partial charge in [-0.2, -0.15) is 0 Å². The zero-order valence-electron chi connectivity index (χ0n) is 8.75. The van der Waals surface area contributed by atoms with Gasteiger partial charge in [0, 0.05) is 24.0 Å². The number of aromatic nitrogens is 1. The summed E-state index contributed by atoms with van der Waals surface area (Å²) in [6, 6.07) is 6.65. The van der Waals surface area contributed by atoms with Crippen LogP contribution in [0.2, 0.25) is 5.15 Å². The molecular formula is C12H9ClF2N2. The average Bonchev–Trinajstić information content (AvgIpc) is 2.30. The maximum Gasteiger partial charge on any atom is 0.131 e. The third kappa shape index (κ3) is 3.14. The molecule has 0 bridgehead atoms. The van der Waals surface area contributed by atoms with E-state index in [0.717, 1.165) is 18.2 Å². The lowest BCUT2D eigenvalue weighted by atomic mass is 10.2. The molecule has 2 nitrogen and oxygen atoms in total. The van der Waals surface area contributed by atoms with E-state index < -0.39 is 11.6 Å². The smallest absolute Gasteiger partial charge is 0.131 e. The summed E-state index contributed by atoms with van der Waals surface area (Å²) >= 11 is 5.70. The summed E-state index contributed by atoms with van der Waals surface area (Å²) in [7, 11) is 0. The van der Waals surface area contributed by atoms with E-state index in [1.165, 1.54) is 6.20 Å². The fourth-order valence-electron chi connectivity index (χ4n) is 1.39. The van der Waals surface area contributed by atoms with Gasteiger partial charge in [0.25, 0.3) is 0 Å². The van der Waals surface area contributed by atoms with Gasteiger partial charge in [-0.05, 0) is 30.3 Å². The normalized spacial score (nSPS) is 10.3. The van der Waals surface area contributed by atoms with Gasteiger partial charge in [0.05, 0.1) is 0 Å². The second kappa shape index (κ2) is 5.10. The number of nitrogens with one attached hydrogen (secondary N) is 1. The van der Waals surface area contributed by atoms with Gasteiger partial charge in [0.2, 0.25) is 0 Å². The maximum atomic E-state index is 13.3. The lowest BCUT2D eigenvalue weighted by Gasteiger charge is -2.07. The molecule has 88 valence electrons. The summed E-state index contributed by atoms with van der Waals surface area (Å²) in [5.41, 5.74) is 0.964. The summed E-state index contributed by atoms with van der Waals surface area (Å²) in [5, 5.41) is 3.28. The molecule has 0 amide bonds. The largest absolute Gasteiger partial charge is 0.381 e. The van der Waals surface area contributed by atoms with Crippen molar-refractivity contribution >= 4 is 17.3 Å². The molecule has 0 aliphatic rings. The highest BCUT2D eigenvalue weighted by molar-refractivity contribution is 6.29. The van der Waals surface area contributed by atoms with E-state index in [-0.39, 0.29) is 12.1 Å². The zero-order chi connectivity index (χ0) is 12.3. The molecule has 0 fully saturated rings. The van der Waals surface area contributed by atoms with Gasteiger partial charge in [-0.3, -0.25) is 0 Å². The van der Waals surface area contributed by atoms with Crippen LogP contribution in [-0.2, 0) is 6.54 Å². The zero-order valence-corrected chi connectivity index (χ0v) is 9.51.